The van der Waals surface area contributed by atoms with Gasteiger partial charge in [-0.15, -0.1) is 0 Å². The van der Waals surface area contributed by atoms with Crippen molar-refractivity contribution in [2.45, 2.75) is 37.8 Å². The molecule has 0 amide bonds. The van der Waals surface area contributed by atoms with E-state index in [9.17, 15) is 4.79 Å². The summed E-state index contributed by atoms with van der Waals surface area (Å²) in [4.78, 5) is 15.2. The van der Waals surface area contributed by atoms with Crippen molar-refractivity contribution in [3.05, 3.63) is 46.3 Å². The Balaban J connectivity index is 1.68. The van der Waals surface area contributed by atoms with Crippen LogP contribution in [-0.2, 0) is 6.54 Å². The van der Waals surface area contributed by atoms with Crippen LogP contribution in [0.3, 0.4) is 0 Å². The summed E-state index contributed by atoms with van der Waals surface area (Å²) in [5, 5.41) is 4.22. The van der Waals surface area contributed by atoms with Crippen molar-refractivity contribution in [2.24, 2.45) is 0 Å². The zero-order valence-corrected chi connectivity index (χ0v) is 12.8. The summed E-state index contributed by atoms with van der Waals surface area (Å²) in [6, 6.07) is 7.50. The molecule has 4 nitrogen and oxygen atoms in total. The van der Waals surface area contributed by atoms with Crippen LogP contribution in [0.5, 0.6) is 0 Å². The van der Waals surface area contributed by atoms with E-state index in [1.54, 1.807) is 6.26 Å². The second kappa shape index (κ2) is 5.52. The van der Waals surface area contributed by atoms with Crippen molar-refractivity contribution in [2.75, 3.05) is 19.6 Å². The van der Waals surface area contributed by atoms with Crippen LogP contribution in [0.15, 0.2) is 39.7 Å². The molecule has 0 atom stereocenters. The molecule has 0 unspecified atom stereocenters. The molecule has 22 heavy (non-hydrogen) atoms. The molecule has 2 aromatic rings. The maximum atomic E-state index is 12.7. The standard InChI is InChI=1S/C18H22N2O2/c21-17-14(12-22-16-6-2-1-5-15(16)17)11-20-10-9-19-13-18(20)7-3-4-8-18/h1-2,5-6,12,19H,3-4,7-11,13H2. The Bertz CT molecular complexity index is 731. The molecule has 2 heterocycles. The summed E-state index contributed by atoms with van der Waals surface area (Å²) >= 11 is 0. The Morgan fingerprint density at radius 3 is 2.91 bits per heavy atom. The molecular weight excluding hydrogens is 276 g/mol. The number of fused-ring (bicyclic) bond motifs is 1. The van der Waals surface area contributed by atoms with Gasteiger partial charge in [-0.05, 0) is 25.0 Å². The molecule has 1 aliphatic heterocycles. The minimum Gasteiger partial charge on any atom is -0.464 e. The summed E-state index contributed by atoms with van der Waals surface area (Å²) in [5.74, 6) is 0. The Labute approximate surface area is 130 Å². The van der Waals surface area contributed by atoms with Gasteiger partial charge in [0.05, 0.1) is 11.6 Å². The minimum atomic E-state index is 0.119. The molecule has 1 aromatic heterocycles. The first-order chi connectivity index (χ1) is 10.8. The first kappa shape index (κ1) is 14.0. The number of para-hydroxylation sites is 1. The van der Waals surface area contributed by atoms with Crippen molar-refractivity contribution < 1.29 is 4.42 Å². The van der Waals surface area contributed by atoms with Crippen molar-refractivity contribution in [3.8, 4) is 0 Å². The lowest BCUT2D eigenvalue weighted by atomic mass is 9.92. The fourth-order valence-corrected chi connectivity index (χ4v) is 4.09. The number of piperazine rings is 1. The quantitative estimate of drug-likeness (QED) is 0.925. The van der Waals surface area contributed by atoms with E-state index in [-0.39, 0.29) is 11.0 Å². The second-order valence-electron chi connectivity index (χ2n) is 6.62. The van der Waals surface area contributed by atoms with Gasteiger partial charge >= 0.3 is 0 Å². The van der Waals surface area contributed by atoms with Crippen LogP contribution in [0.4, 0.5) is 0 Å². The molecule has 0 bridgehead atoms. The topological polar surface area (TPSA) is 45.5 Å². The van der Waals surface area contributed by atoms with Gasteiger partial charge in [0, 0.05) is 37.3 Å². The number of benzene rings is 1. The highest BCUT2D eigenvalue weighted by molar-refractivity contribution is 5.76. The average Bonchev–Trinajstić information content (AvgIpc) is 3.02. The normalized spacial score (nSPS) is 21.6. The highest BCUT2D eigenvalue weighted by atomic mass is 16.3. The SMILES string of the molecule is O=c1c(CN2CCNCC23CCCC3)coc2ccccc12. The highest BCUT2D eigenvalue weighted by Crippen LogP contribution is 2.36. The predicted octanol–water partition coefficient (Wildman–Crippen LogP) is 2.51. The molecule has 2 aliphatic rings. The first-order valence-electron chi connectivity index (χ1n) is 8.24. The molecular formula is C18H22N2O2. The smallest absolute Gasteiger partial charge is 0.197 e. The lowest BCUT2D eigenvalue weighted by molar-refractivity contribution is 0.0566. The first-order valence-corrected chi connectivity index (χ1v) is 8.24. The van der Waals surface area contributed by atoms with Gasteiger partial charge in [-0.25, -0.2) is 0 Å². The maximum absolute atomic E-state index is 12.7. The zero-order valence-electron chi connectivity index (χ0n) is 12.8. The molecule has 4 rings (SSSR count). The van der Waals surface area contributed by atoms with E-state index in [1.165, 1.54) is 25.7 Å². The molecule has 1 N–H and O–H groups in total. The van der Waals surface area contributed by atoms with Crippen LogP contribution < -0.4 is 10.7 Å². The van der Waals surface area contributed by atoms with E-state index in [4.69, 9.17) is 4.42 Å². The van der Waals surface area contributed by atoms with Crippen LogP contribution in [0, 0.1) is 0 Å². The van der Waals surface area contributed by atoms with Crippen LogP contribution in [-0.4, -0.2) is 30.1 Å². The lowest BCUT2D eigenvalue weighted by Gasteiger charge is -2.45. The fourth-order valence-electron chi connectivity index (χ4n) is 4.09. The van der Waals surface area contributed by atoms with Gasteiger partial charge < -0.3 is 9.73 Å². The fraction of sp³-hybridized carbons (Fsp3) is 0.500. The number of rotatable bonds is 2. The lowest BCUT2D eigenvalue weighted by Crippen LogP contribution is -2.59. The predicted molar refractivity (Wildman–Crippen MR) is 87.0 cm³/mol. The van der Waals surface area contributed by atoms with Gasteiger partial charge in [0.2, 0.25) is 0 Å². The van der Waals surface area contributed by atoms with Gasteiger partial charge in [0.25, 0.3) is 0 Å². The maximum Gasteiger partial charge on any atom is 0.197 e. The summed E-state index contributed by atoms with van der Waals surface area (Å²) in [6.45, 7) is 3.76. The van der Waals surface area contributed by atoms with Crippen LogP contribution >= 0.6 is 0 Å². The zero-order chi connectivity index (χ0) is 15.0. The largest absolute Gasteiger partial charge is 0.464 e. The van der Waals surface area contributed by atoms with E-state index in [1.807, 2.05) is 24.3 Å². The summed E-state index contributed by atoms with van der Waals surface area (Å²) in [5.41, 5.74) is 1.82. The number of hydrogen-bond donors (Lipinski definition) is 1. The highest BCUT2D eigenvalue weighted by Gasteiger charge is 2.41. The van der Waals surface area contributed by atoms with Gasteiger partial charge in [0.1, 0.15) is 5.58 Å². The monoisotopic (exact) mass is 298 g/mol. The van der Waals surface area contributed by atoms with Gasteiger partial charge in [-0.1, -0.05) is 25.0 Å². The summed E-state index contributed by atoms with van der Waals surface area (Å²) in [6.07, 6.45) is 6.72. The van der Waals surface area contributed by atoms with Crippen LogP contribution in [0.25, 0.3) is 11.0 Å². The Morgan fingerprint density at radius 1 is 1.23 bits per heavy atom. The van der Waals surface area contributed by atoms with E-state index in [0.717, 1.165) is 25.2 Å². The molecule has 2 fully saturated rings. The van der Waals surface area contributed by atoms with Crippen LogP contribution in [0.2, 0.25) is 0 Å². The summed E-state index contributed by atoms with van der Waals surface area (Å²) in [7, 11) is 0. The molecule has 1 spiro atoms. The van der Waals surface area contributed by atoms with E-state index in [0.29, 0.717) is 17.5 Å². The molecule has 0 radical (unpaired) electrons. The van der Waals surface area contributed by atoms with Crippen LogP contribution in [0.1, 0.15) is 31.2 Å². The third-order valence-corrected chi connectivity index (χ3v) is 5.33. The van der Waals surface area contributed by atoms with Crippen molar-refractivity contribution in [3.63, 3.8) is 0 Å². The number of nitrogens with zero attached hydrogens (tertiary/aromatic N) is 1. The Kier molecular flexibility index (Phi) is 3.51. The van der Waals surface area contributed by atoms with Crippen molar-refractivity contribution in [1.29, 1.82) is 0 Å². The van der Waals surface area contributed by atoms with Gasteiger partial charge in [-0.3, -0.25) is 9.69 Å². The number of nitrogens with one attached hydrogen (secondary N) is 1. The third-order valence-electron chi connectivity index (χ3n) is 5.33. The molecule has 1 saturated heterocycles. The third kappa shape index (κ3) is 2.27. The Hall–Kier alpha value is -1.65. The van der Waals surface area contributed by atoms with E-state index >= 15 is 0 Å². The van der Waals surface area contributed by atoms with E-state index < -0.39 is 0 Å². The molecule has 4 heteroatoms. The van der Waals surface area contributed by atoms with Gasteiger partial charge in [0.15, 0.2) is 5.43 Å². The number of hydrogen-bond acceptors (Lipinski definition) is 4. The summed E-state index contributed by atoms with van der Waals surface area (Å²) < 4.78 is 5.67. The molecule has 1 saturated carbocycles. The van der Waals surface area contributed by atoms with E-state index in [2.05, 4.69) is 10.2 Å². The average molecular weight is 298 g/mol. The van der Waals surface area contributed by atoms with Gasteiger partial charge in [-0.2, -0.15) is 0 Å². The molecule has 1 aliphatic carbocycles. The molecule has 1 aromatic carbocycles. The van der Waals surface area contributed by atoms with Crippen molar-refractivity contribution >= 4 is 11.0 Å². The molecule has 116 valence electrons. The minimum absolute atomic E-state index is 0.119. The second-order valence-corrected chi connectivity index (χ2v) is 6.62. The Morgan fingerprint density at radius 2 is 2.05 bits per heavy atom. The van der Waals surface area contributed by atoms with Crippen molar-refractivity contribution in [1.82, 2.24) is 10.2 Å².